The molecule has 0 aromatic heterocycles. The molecule has 0 N–H and O–H groups in total. The van der Waals surface area contributed by atoms with E-state index in [0.717, 1.165) is 49.6 Å². The minimum atomic E-state index is -2.96. The molecule has 4 saturated heterocycles. The lowest BCUT2D eigenvalue weighted by Gasteiger charge is -2.45. The second-order valence-corrected chi connectivity index (χ2v) is 25.1. The highest BCUT2D eigenvalue weighted by Crippen LogP contribution is 2.42. The molecule has 8 aliphatic rings. The van der Waals surface area contributed by atoms with E-state index in [-0.39, 0.29) is 45.7 Å². The zero-order valence-electron chi connectivity index (χ0n) is 48.9. The molecule has 12 radical (unpaired) electrons. The second kappa shape index (κ2) is 38.7. The summed E-state index contributed by atoms with van der Waals surface area (Å²) < 4.78 is 51.4. The van der Waals surface area contributed by atoms with Crippen LogP contribution in [0.15, 0.2) is 24.6 Å². The SMILES string of the molecule is C=C1CC2CCCCC2CN1C(C)C.C=C1CC2CCCCC2CN1C(C)C.CC.CC.CC.CC.CC(C)N1CC2CCCCC2CS1(=O)=O.CC(C)N1CC2CCCCC2CS1(=O)=O.[B].[B].[B].[B]. The molecule has 70 heavy (non-hydrogen) atoms. The summed E-state index contributed by atoms with van der Waals surface area (Å²) in [6.45, 7) is 45.6. The van der Waals surface area contributed by atoms with Gasteiger partial charge < -0.3 is 9.80 Å². The maximum absolute atomic E-state index is 12.0. The topological polar surface area (TPSA) is 81.2 Å². The number of piperidine rings is 2. The highest BCUT2D eigenvalue weighted by Gasteiger charge is 2.42. The number of hydrogen-bond acceptors (Lipinski definition) is 6. The Morgan fingerprint density at radius 3 is 0.800 bits per heavy atom. The normalized spacial score (nSPS) is 29.3. The van der Waals surface area contributed by atoms with E-state index in [1.807, 2.05) is 83.1 Å². The van der Waals surface area contributed by atoms with Crippen LogP contribution in [0.5, 0.6) is 0 Å². The van der Waals surface area contributed by atoms with Crippen molar-refractivity contribution in [3.8, 4) is 0 Å². The fourth-order valence-electron chi connectivity index (χ4n) is 12.3. The van der Waals surface area contributed by atoms with Crippen molar-refractivity contribution in [2.45, 2.75) is 251 Å². The Morgan fingerprint density at radius 1 is 0.357 bits per heavy atom. The van der Waals surface area contributed by atoms with E-state index in [9.17, 15) is 16.8 Å². The molecule has 8 atom stereocenters. The summed E-state index contributed by atoms with van der Waals surface area (Å²) in [5.74, 6) is 6.81. The maximum Gasteiger partial charge on any atom is 0.214 e. The van der Waals surface area contributed by atoms with Gasteiger partial charge in [0.05, 0.1) is 11.5 Å². The molecule has 4 heterocycles. The first-order chi connectivity index (χ1) is 31.4. The second-order valence-electron chi connectivity index (χ2n) is 21.1. The predicted octanol–water partition coefficient (Wildman–Crippen LogP) is 13.1. The molecule has 4 aliphatic carbocycles. The Balaban J connectivity index is -0.000000388. The van der Waals surface area contributed by atoms with Crippen LogP contribution in [0.2, 0.25) is 0 Å². The summed E-state index contributed by atoms with van der Waals surface area (Å²) in [4.78, 5) is 5.04. The van der Waals surface area contributed by atoms with Crippen LogP contribution in [0.4, 0.5) is 0 Å². The highest BCUT2D eigenvalue weighted by atomic mass is 32.2. The Morgan fingerprint density at radius 2 is 0.571 bits per heavy atom. The monoisotopic (exact) mass is 1010 g/mol. The van der Waals surface area contributed by atoms with E-state index in [4.69, 9.17) is 0 Å². The molecule has 0 aromatic carbocycles. The van der Waals surface area contributed by atoms with E-state index < -0.39 is 20.0 Å². The van der Waals surface area contributed by atoms with Gasteiger partial charge in [-0.1, -0.05) is 120 Å². The zero-order chi connectivity index (χ0) is 50.4. The van der Waals surface area contributed by atoms with Crippen LogP contribution in [0.1, 0.15) is 226 Å². The molecule has 0 spiro atoms. The van der Waals surface area contributed by atoms with Gasteiger partial charge in [0, 0.05) is 95.4 Å². The van der Waals surface area contributed by atoms with Gasteiger partial charge in [-0.05, 0) is 167 Å². The largest absolute Gasteiger partial charge is 0.373 e. The van der Waals surface area contributed by atoms with Gasteiger partial charge in [-0.15, -0.1) is 0 Å². The smallest absolute Gasteiger partial charge is 0.214 e. The lowest BCUT2D eigenvalue weighted by atomic mass is 9.74. The van der Waals surface area contributed by atoms with Crippen molar-refractivity contribution in [2.24, 2.45) is 47.3 Å². The van der Waals surface area contributed by atoms with Crippen molar-refractivity contribution in [3.05, 3.63) is 24.6 Å². The van der Waals surface area contributed by atoms with Crippen LogP contribution in [-0.2, 0) is 20.0 Å². The Bertz CT molecular complexity index is 1450. The van der Waals surface area contributed by atoms with Crippen LogP contribution in [0.3, 0.4) is 0 Å². The number of fused-ring (bicyclic) bond motifs is 4. The van der Waals surface area contributed by atoms with Crippen molar-refractivity contribution in [3.63, 3.8) is 0 Å². The van der Waals surface area contributed by atoms with Crippen LogP contribution in [-0.4, -0.2) is 131 Å². The van der Waals surface area contributed by atoms with E-state index in [0.29, 0.717) is 47.3 Å². The van der Waals surface area contributed by atoms with Gasteiger partial charge in [0.25, 0.3) is 0 Å². The summed E-state index contributed by atoms with van der Waals surface area (Å²) in [5, 5.41) is 0. The first kappa shape index (κ1) is 75.7. The van der Waals surface area contributed by atoms with E-state index >= 15 is 0 Å². The number of likely N-dealkylation sites (tertiary alicyclic amines) is 2. The maximum atomic E-state index is 12.0. The lowest BCUT2D eigenvalue weighted by Crippen LogP contribution is -2.50. The molecule has 404 valence electrons. The molecule has 8 fully saturated rings. The highest BCUT2D eigenvalue weighted by molar-refractivity contribution is 7.89. The molecule has 4 aliphatic heterocycles. The van der Waals surface area contributed by atoms with Crippen LogP contribution in [0, 0.1) is 47.3 Å². The lowest BCUT2D eigenvalue weighted by molar-refractivity contribution is 0.105. The fourth-order valence-corrected chi connectivity index (χ4v) is 16.8. The van der Waals surface area contributed by atoms with Crippen molar-refractivity contribution in [1.29, 1.82) is 0 Å². The number of sulfonamides is 2. The summed E-state index contributed by atoms with van der Waals surface area (Å²) in [7, 11) is -5.92. The third-order valence-corrected chi connectivity index (χ3v) is 20.0. The van der Waals surface area contributed by atoms with E-state index in [1.165, 1.54) is 127 Å². The Hall–Kier alpha value is -0.840. The fraction of sp³-hybridized carbons (Fsp3) is 0.929. The first-order valence-corrected chi connectivity index (χ1v) is 31.5. The standard InChI is InChI=1S/2C13H23N.2C11H21NO2S.4C2H6.4B/c2*1-10(2)14-9-13-7-5-4-6-12(13)8-11(14)3;2*1-9(2)12-7-10-5-3-4-6-11(10)8-15(12,13)14;4*1-2;;;;/h2*10,12-13H,3-9H2,1-2H3;2*9-11H,3-8H2,1-2H3;4*1-2H3;;;;. The van der Waals surface area contributed by atoms with Crippen molar-refractivity contribution in [1.82, 2.24) is 18.4 Å². The summed E-state index contributed by atoms with van der Waals surface area (Å²) >= 11 is 0. The third kappa shape index (κ3) is 23.0. The van der Waals surface area contributed by atoms with E-state index in [1.54, 1.807) is 8.61 Å². The van der Waals surface area contributed by atoms with Gasteiger partial charge in [0.15, 0.2) is 0 Å². The molecule has 14 heteroatoms. The van der Waals surface area contributed by atoms with Crippen molar-refractivity contribution >= 4 is 53.7 Å². The molecular weight excluding hydrogens is 900 g/mol. The molecule has 0 amide bonds. The van der Waals surface area contributed by atoms with Gasteiger partial charge in [0.2, 0.25) is 20.0 Å². The summed E-state index contributed by atoms with van der Waals surface area (Å²) in [6, 6.07) is 1.53. The number of rotatable bonds is 4. The summed E-state index contributed by atoms with van der Waals surface area (Å²) in [5.41, 5.74) is 2.78. The van der Waals surface area contributed by atoms with Crippen molar-refractivity contribution < 1.29 is 16.8 Å². The Labute approximate surface area is 446 Å². The molecular formula is C56H112B4N4O4S2. The Kier molecular flexibility index (Phi) is 41.8. The number of nitrogens with zero attached hydrogens (tertiary/aromatic N) is 4. The quantitative estimate of drug-likeness (QED) is 0.261. The van der Waals surface area contributed by atoms with E-state index in [2.05, 4.69) is 50.7 Å². The van der Waals surface area contributed by atoms with Crippen LogP contribution < -0.4 is 0 Å². The number of allylic oxidation sites excluding steroid dienone is 2. The van der Waals surface area contributed by atoms with Gasteiger partial charge in [-0.2, -0.15) is 8.61 Å². The van der Waals surface area contributed by atoms with Crippen LogP contribution in [0.25, 0.3) is 0 Å². The van der Waals surface area contributed by atoms with Gasteiger partial charge in [-0.3, -0.25) is 0 Å². The average Bonchev–Trinajstić information content (AvgIpc) is 3.30. The summed E-state index contributed by atoms with van der Waals surface area (Å²) in [6.07, 6.45) is 23.9. The van der Waals surface area contributed by atoms with Gasteiger partial charge in [0.1, 0.15) is 0 Å². The first-order valence-electron chi connectivity index (χ1n) is 28.3. The molecule has 8 rings (SSSR count). The zero-order valence-corrected chi connectivity index (χ0v) is 50.5. The van der Waals surface area contributed by atoms with Gasteiger partial charge >= 0.3 is 0 Å². The molecule has 8 nitrogen and oxygen atoms in total. The van der Waals surface area contributed by atoms with Crippen LogP contribution >= 0.6 is 0 Å². The minimum Gasteiger partial charge on any atom is -0.373 e. The molecule has 4 saturated carbocycles. The predicted molar refractivity (Wildman–Crippen MR) is 313 cm³/mol. The third-order valence-electron chi connectivity index (χ3n) is 15.7. The average molecular weight is 1010 g/mol. The van der Waals surface area contributed by atoms with Gasteiger partial charge in [-0.25, -0.2) is 16.8 Å². The number of hydrogen-bond donors (Lipinski definition) is 0. The molecule has 0 aromatic rings. The molecule has 0 bridgehead atoms. The molecule has 8 unspecified atom stereocenters. The van der Waals surface area contributed by atoms with Crippen molar-refractivity contribution in [2.75, 3.05) is 37.7 Å². The minimum absolute atomic E-state index is 0.